The highest BCUT2D eigenvalue weighted by molar-refractivity contribution is 5.86. The monoisotopic (exact) mass is 227 g/mol. The van der Waals surface area contributed by atoms with Gasteiger partial charge in [0.05, 0.1) is 11.7 Å². The fourth-order valence-electron chi connectivity index (χ4n) is 1.67. The second-order valence-corrected chi connectivity index (χ2v) is 3.70. The van der Waals surface area contributed by atoms with Crippen molar-refractivity contribution in [1.82, 2.24) is 15.0 Å². The van der Waals surface area contributed by atoms with E-state index in [0.717, 1.165) is 6.42 Å². The third-order valence-corrected chi connectivity index (χ3v) is 2.53. The molecular formula is C10H17N3O3. The zero-order valence-corrected chi connectivity index (χ0v) is 9.55. The number of rotatable bonds is 6. The van der Waals surface area contributed by atoms with Crippen LogP contribution in [0.5, 0.6) is 0 Å². The molecule has 6 nitrogen and oxygen atoms in total. The zero-order valence-electron chi connectivity index (χ0n) is 9.55. The van der Waals surface area contributed by atoms with Gasteiger partial charge in [0.1, 0.15) is 0 Å². The van der Waals surface area contributed by atoms with E-state index < -0.39 is 5.97 Å². The Bertz CT molecular complexity index is 362. The highest BCUT2D eigenvalue weighted by Gasteiger charge is 2.19. The number of nitrogens with zero attached hydrogens (tertiary/aromatic N) is 3. The Kier molecular flexibility index (Phi) is 4.42. The Morgan fingerprint density at radius 3 is 2.75 bits per heavy atom. The molecule has 0 bridgehead atoms. The molecule has 1 aromatic rings. The molecule has 1 aromatic heterocycles. The summed E-state index contributed by atoms with van der Waals surface area (Å²) in [5, 5.41) is 25.2. The SMILES string of the molecule is CCc1c(C(=O)O)nnn1C(C)CCCO. The van der Waals surface area contributed by atoms with Crippen LogP contribution in [0.2, 0.25) is 0 Å². The van der Waals surface area contributed by atoms with E-state index in [1.54, 1.807) is 4.68 Å². The summed E-state index contributed by atoms with van der Waals surface area (Å²) in [5.74, 6) is -1.04. The average Bonchev–Trinajstić information content (AvgIpc) is 2.69. The molecule has 6 heteroatoms. The van der Waals surface area contributed by atoms with Gasteiger partial charge in [0, 0.05) is 6.61 Å². The van der Waals surface area contributed by atoms with Crippen molar-refractivity contribution in [3.05, 3.63) is 11.4 Å². The number of carbonyl (C=O) groups is 1. The molecule has 0 spiro atoms. The second-order valence-electron chi connectivity index (χ2n) is 3.70. The summed E-state index contributed by atoms with van der Waals surface area (Å²) in [7, 11) is 0. The van der Waals surface area contributed by atoms with E-state index >= 15 is 0 Å². The van der Waals surface area contributed by atoms with Crippen molar-refractivity contribution in [1.29, 1.82) is 0 Å². The Morgan fingerprint density at radius 1 is 1.56 bits per heavy atom. The summed E-state index contributed by atoms with van der Waals surface area (Å²) < 4.78 is 1.64. The van der Waals surface area contributed by atoms with Crippen LogP contribution in [0.25, 0.3) is 0 Å². The molecule has 0 saturated heterocycles. The van der Waals surface area contributed by atoms with Gasteiger partial charge in [-0.2, -0.15) is 0 Å². The minimum atomic E-state index is -1.04. The first-order chi connectivity index (χ1) is 7.61. The van der Waals surface area contributed by atoms with Crippen LogP contribution in [0, 0.1) is 0 Å². The molecule has 90 valence electrons. The summed E-state index contributed by atoms with van der Waals surface area (Å²) in [6, 6.07) is 0.0581. The largest absolute Gasteiger partial charge is 0.476 e. The van der Waals surface area contributed by atoms with Crippen LogP contribution in [-0.2, 0) is 6.42 Å². The van der Waals surface area contributed by atoms with Crippen LogP contribution in [0.15, 0.2) is 0 Å². The molecule has 0 aliphatic heterocycles. The van der Waals surface area contributed by atoms with Crippen molar-refractivity contribution in [2.24, 2.45) is 0 Å². The van der Waals surface area contributed by atoms with Gasteiger partial charge in [0.15, 0.2) is 5.69 Å². The molecule has 0 aromatic carbocycles. The minimum Gasteiger partial charge on any atom is -0.476 e. The molecule has 1 heterocycles. The number of aliphatic hydroxyl groups excluding tert-OH is 1. The Morgan fingerprint density at radius 2 is 2.25 bits per heavy atom. The molecular weight excluding hydrogens is 210 g/mol. The minimum absolute atomic E-state index is 0.0262. The van der Waals surface area contributed by atoms with Crippen molar-refractivity contribution in [3.8, 4) is 0 Å². The quantitative estimate of drug-likeness (QED) is 0.752. The molecule has 1 unspecified atom stereocenters. The maximum Gasteiger partial charge on any atom is 0.358 e. The molecule has 1 atom stereocenters. The van der Waals surface area contributed by atoms with E-state index in [-0.39, 0.29) is 18.3 Å². The van der Waals surface area contributed by atoms with Crippen LogP contribution in [-0.4, -0.2) is 37.8 Å². The van der Waals surface area contributed by atoms with Crippen LogP contribution in [0.3, 0.4) is 0 Å². The lowest BCUT2D eigenvalue weighted by molar-refractivity contribution is 0.0689. The third kappa shape index (κ3) is 2.57. The van der Waals surface area contributed by atoms with E-state index in [4.69, 9.17) is 10.2 Å². The number of aromatic nitrogens is 3. The Labute approximate surface area is 93.9 Å². The smallest absolute Gasteiger partial charge is 0.358 e. The van der Waals surface area contributed by atoms with Gasteiger partial charge >= 0.3 is 5.97 Å². The maximum atomic E-state index is 10.9. The standard InChI is InChI=1S/C10H17N3O3/c1-3-8-9(10(15)16)11-12-13(8)7(2)5-4-6-14/h7,14H,3-6H2,1-2H3,(H,15,16). The van der Waals surface area contributed by atoms with E-state index in [0.29, 0.717) is 18.5 Å². The highest BCUT2D eigenvalue weighted by atomic mass is 16.4. The van der Waals surface area contributed by atoms with E-state index in [2.05, 4.69) is 10.3 Å². The first-order valence-electron chi connectivity index (χ1n) is 5.40. The summed E-state index contributed by atoms with van der Waals surface area (Å²) >= 11 is 0. The highest BCUT2D eigenvalue weighted by Crippen LogP contribution is 2.16. The van der Waals surface area contributed by atoms with Gasteiger partial charge in [0.2, 0.25) is 0 Å². The van der Waals surface area contributed by atoms with Gasteiger partial charge < -0.3 is 10.2 Å². The topological polar surface area (TPSA) is 88.2 Å². The molecule has 16 heavy (non-hydrogen) atoms. The van der Waals surface area contributed by atoms with Crippen LogP contribution in [0.4, 0.5) is 0 Å². The summed E-state index contributed by atoms with van der Waals surface area (Å²) in [4.78, 5) is 10.9. The number of carboxylic acids is 1. The van der Waals surface area contributed by atoms with Gasteiger partial charge in [-0.3, -0.25) is 0 Å². The fraction of sp³-hybridized carbons (Fsp3) is 0.700. The van der Waals surface area contributed by atoms with Crippen LogP contribution in [0.1, 0.15) is 48.9 Å². The predicted octanol–water partition coefficient (Wildman–Crippen LogP) is 0.872. The van der Waals surface area contributed by atoms with Crippen molar-refractivity contribution in [2.75, 3.05) is 6.61 Å². The molecule has 0 saturated carbocycles. The van der Waals surface area contributed by atoms with Gasteiger partial charge in [-0.25, -0.2) is 9.48 Å². The lowest BCUT2D eigenvalue weighted by atomic mass is 10.1. The van der Waals surface area contributed by atoms with Crippen molar-refractivity contribution in [3.63, 3.8) is 0 Å². The van der Waals surface area contributed by atoms with Crippen molar-refractivity contribution < 1.29 is 15.0 Å². The first-order valence-corrected chi connectivity index (χ1v) is 5.40. The molecule has 0 fully saturated rings. The second kappa shape index (κ2) is 5.60. The molecule has 0 aliphatic rings. The Hall–Kier alpha value is -1.43. The van der Waals surface area contributed by atoms with E-state index in [1.165, 1.54) is 0 Å². The van der Waals surface area contributed by atoms with Crippen molar-refractivity contribution in [2.45, 2.75) is 39.2 Å². The number of hydrogen-bond acceptors (Lipinski definition) is 4. The first kappa shape index (κ1) is 12.6. The molecule has 0 aliphatic carbocycles. The van der Waals surface area contributed by atoms with Crippen molar-refractivity contribution >= 4 is 5.97 Å². The number of carboxylic acid groups (broad SMARTS) is 1. The molecule has 2 N–H and O–H groups in total. The number of aromatic carboxylic acids is 1. The molecule has 1 rings (SSSR count). The van der Waals surface area contributed by atoms with Gasteiger partial charge in [-0.1, -0.05) is 12.1 Å². The lowest BCUT2D eigenvalue weighted by Crippen LogP contribution is -2.12. The lowest BCUT2D eigenvalue weighted by Gasteiger charge is -2.13. The van der Waals surface area contributed by atoms with Crippen LogP contribution < -0.4 is 0 Å². The number of hydrogen-bond donors (Lipinski definition) is 2. The summed E-state index contributed by atoms with van der Waals surface area (Å²) in [6.07, 6.45) is 2.01. The van der Waals surface area contributed by atoms with E-state index in [9.17, 15) is 4.79 Å². The van der Waals surface area contributed by atoms with Gasteiger partial charge in [-0.15, -0.1) is 5.10 Å². The Balaban J connectivity index is 2.91. The van der Waals surface area contributed by atoms with E-state index in [1.807, 2.05) is 13.8 Å². The fourth-order valence-corrected chi connectivity index (χ4v) is 1.67. The maximum absolute atomic E-state index is 10.9. The third-order valence-electron chi connectivity index (χ3n) is 2.53. The molecule has 0 amide bonds. The van der Waals surface area contributed by atoms with Crippen LogP contribution >= 0.6 is 0 Å². The number of aliphatic hydroxyl groups is 1. The van der Waals surface area contributed by atoms with Gasteiger partial charge in [-0.05, 0) is 26.2 Å². The zero-order chi connectivity index (χ0) is 12.1. The normalized spacial score (nSPS) is 12.7. The summed E-state index contributed by atoms with van der Waals surface area (Å²) in [5.41, 5.74) is 0.663. The average molecular weight is 227 g/mol. The molecule has 0 radical (unpaired) electrons. The summed E-state index contributed by atoms with van der Waals surface area (Å²) in [6.45, 7) is 3.95. The predicted molar refractivity (Wildman–Crippen MR) is 57.4 cm³/mol. The van der Waals surface area contributed by atoms with Gasteiger partial charge in [0.25, 0.3) is 0 Å².